The number of nitro groups is 1. The average molecular weight is 282 g/mol. The summed E-state index contributed by atoms with van der Waals surface area (Å²) in [6.45, 7) is 5.68. The Balaban J connectivity index is 2.20. The van der Waals surface area contributed by atoms with Gasteiger partial charge >= 0.3 is 0 Å². The molecule has 1 aromatic rings. The minimum atomic E-state index is -0.689. The zero-order valence-corrected chi connectivity index (χ0v) is 12.1. The van der Waals surface area contributed by atoms with Gasteiger partial charge in [-0.15, -0.1) is 0 Å². The summed E-state index contributed by atoms with van der Waals surface area (Å²) in [7, 11) is 1.89. The molecule has 2 unspecified atom stereocenters. The number of nitrogens with zero attached hydrogens (tertiary/aromatic N) is 1. The van der Waals surface area contributed by atoms with Crippen molar-refractivity contribution in [2.45, 2.75) is 39.3 Å². The van der Waals surface area contributed by atoms with E-state index in [0.29, 0.717) is 11.6 Å². The first-order valence-corrected chi connectivity index (χ1v) is 6.55. The fourth-order valence-corrected chi connectivity index (χ4v) is 2.66. The Hall–Kier alpha value is -1.69. The minimum Gasteiger partial charge on any atom is -0.487 e. The molecule has 2 atom stereocenters. The number of ether oxygens (including phenoxy) is 1. The molecule has 0 amide bonds. The number of nitrogens with one attached hydrogen (secondary N) is 1. The van der Waals surface area contributed by atoms with Gasteiger partial charge < -0.3 is 10.1 Å². The summed E-state index contributed by atoms with van der Waals surface area (Å²) in [6.07, 6.45) is 0.689. The quantitative estimate of drug-likeness (QED) is 0.681. The maximum absolute atomic E-state index is 13.9. The average Bonchev–Trinajstić information content (AvgIpc) is 2.36. The van der Waals surface area contributed by atoms with Gasteiger partial charge in [0.15, 0.2) is 11.6 Å². The minimum absolute atomic E-state index is 0.0840. The molecule has 5 nitrogen and oxygen atoms in total. The predicted octanol–water partition coefficient (Wildman–Crippen LogP) is 2.81. The van der Waals surface area contributed by atoms with Gasteiger partial charge in [0.05, 0.1) is 11.0 Å². The normalized spacial score (nSPS) is 24.1. The summed E-state index contributed by atoms with van der Waals surface area (Å²) >= 11 is 0. The van der Waals surface area contributed by atoms with Crippen molar-refractivity contribution in [3.63, 3.8) is 0 Å². The highest BCUT2D eigenvalue weighted by atomic mass is 19.1. The van der Waals surface area contributed by atoms with Crippen molar-refractivity contribution < 1.29 is 14.1 Å². The lowest BCUT2D eigenvalue weighted by Gasteiger charge is -2.51. The van der Waals surface area contributed by atoms with Crippen LogP contribution in [0.4, 0.5) is 10.1 Å². The molecule has 1 saturated carbocycles. The van der Waals surface area contributed by atoms with Gasteiger partial charge in [-0.3, -0.25) is 10.1 Å². The Morgan fingerprint density at radius 2 is 2.15 bits per heavy atom. The van der Waals surface area contributed by atoms with Crippen molar-refractivity contribution in [2.75, 3.05) is 7.05 Å². The summed E-state index contributed by atoms with van der Waals surface area (Å²) < 4.78 is 19.6. The van der Waals surface area contributed by atoms with E-state index in [1.165, 1.54) is 6.07 Å². The van der Waals surface area contributed by atoms with Gasteiger partial charge in [0.25, 0.3) is 5.69 Å². The number of hydrogen-bond acceptors (Lipinski definition) is 4. The van der Waals surface area contributed by atoms with Crippen LogP contribution in [0.2, 0.25) is 0 Å². The SMILES string of the molecule is CNC1CC(Oc2cc(C)c([N+](=O)[O-])cc2F)C1(C)C. The highest BCUT2D eigenvalue weighted by Gasteiger charge is 2.49. The molecule has 1 N–H and O–H groups in total. The molecule has 110 valence electrons. The molecule has 1 aliphatic rings. The lowest BCUT2D eigenvalue weighted by atomic mass is 9.64. The molecular weight excluding hydrogens is 263 g/mol. The van der Waals surface area contributed by atoms with E-state index < -0.39 is 10.7 Å². The Morgan fingerprint density at radius 3 is 2.65 bits per heavy atom. The Morgan fingerprint density at radius 1 is 1.50 bits per heavy atom. The first-order valence-electron chi connectivity index (χ1n) is 6.55. The van der Waals surface area contributed by atoms with E-state index in [1.54, 1.807) is 6.92 Å². The van der Waals surface area contributed by atoms with Crippen LogP contribution in [0, 0.1) is 28.3 Å². The fraction of sp³-hybridized carbons (Fsp3) is 0.571. The molecule has 0 aliphatic heterocycles. The molecule has 20 heavy (non-hydrogen) atoms. The third-order valence-corrected chi connectivity index (χ3v) is 4.24. The lowest BCUT2D eigenvalue weighted by Crippen LogP contribution is -2.61. The second kappa shape index (κ2) is 5.01. The van der Waals surface area contributed by atoms with E-state index in [0.717, 1.165) is 12.5 Å². The second-order valence-corrected chi connectivity index (χ2v) is 5.83. The highest BCUT2D eigenvalue weighted by Crippen LogP contribution is 2.43. The Bertz CT molecular complexity index is 545. The number of rotatable bonds is 4. The number of benzene rings is 1. The molecule has 0 bridgehead atoms. The topological polar surface area (TPSA) is 64.4 Å². The van der Waals surface area contributed by atoms with Crippen LogP contribution in [0.15, 0.2) is 12.1 Å². The smallest absolute Gasteiger partial charge is 0.275 e. The van der Waals surface area contributed by atoms with Gasteiger partial charge in [-0.1, -0.05) is 13.8 Å². The second-order valence-electron chi connectivity index (χ2n) is 5.83. The van der Waals surface area contributed by atoms with E-state index in [2.05, 4.69) is 19.2 Å². The van der Waals surface area contributed by atoms with E-state index >= 15 is 0 Å². The molecule has 0 aromatic heterocycles. The largest absolute Gasteiger partial charge is 0.487 e. The van der Waals surface area contributed by atoms with Gasteiger partial charge in [-0.05, 0) is 20.0 Å². The maximum atomic E-state index is 13.9. The van der Waals surface area contributed by atoms with Crippen molar-refractivity contribution in [3.05, 3.63) is 33.6 Å². The number of aryl methyl sites for hydroxylation is 1. The first-order chi connectivity index (χ1) is 9.27. The molecule has 1 aliphatic carbocycles. The Labute approximate surface area is 117 Å². The van der Waals surface area contributed by atoms with Gasteiger partial charge in [-0.2, -0.15) is 0 Å². The van der Waals surface area contributed by atoms with Crippen LogP contribution >= 0.6 is 0 Å². The van der Waals surface area contributed by atoms with Crippen LogP contribution in [0.3, 0.4) is 0 Å². The fourth-order valence-electron chi connectivity index (χ4n) is 2.66. The molecule has 0 radical (unpaired) electrons. The van der Waals surface area contributed by atoms with Crippen molar-refractivity contribution in [3.8, 4) is 5.75 Å². The van der Waals surface area contributed by atoms with Crippen molar-refractivity contribution in [1.82, 2.24) is 5.32 Å². The zero-order valence-electron chi connectivity index (χ0n) is 12.1. The third-order valence-electron chi connectivity index (χ3n) is 4.24. The first kappa shape index (κ1) is 14.7. The summed E-state index contributed by atoms with van der Waals surface area (Å²) in [4.78, 5) is 10.2. The van der Waals surface area contributed by atoms with Gasteiger partial charge in [0.1, 0.15) is 6.10 Å². The van der Waals surface area contributed by atoms with Crippen molar-refractivity contribution in [2.24, 2.45) is 5.41 Å². The predicted molar refractivity (Wildman–Crippen MR) is 73.5 cm³/mol. The molecule has 0 heterocycles. The molecular formula is C14H19FN2O3. The molecule has 1 aromatic carbocycles. The van der Waals surface area contributed by atoms with E-state index in [4.69, 9.17) is 4.74 Å². The summed E-state index contributed by atoms with van der Waals surface area (Å²) in [5, 5.41) is 13.9. The van der Waals surface area contributed by atoms with Crippen LogP contribution in [0.25, 0.3) is 0 Å². The van der Waals surface area contributed by atoms with Crippen LogP contribution < -0.4 is 10.1 Å². The van der Waals surface area contributed by atoms with Crippen LogP contribution in [0.5, 0.6) is 5.75 Å². The van der Waals surface area contributed by atoms with Crippen LogP contribution in [-0.4, -0.2) is 24.1 Å². The number of nitro benzene ring substituents is 1. The maximum Gasteiger partial charge on any atom is 0.275 e. The van der Waals surface area contributed by atoms with Gasteiger partial charge in [0.2, 0.25) is 0 Å². The van der Waals surface area contributed by atoms with E-state index in [9.17, 15) is 14.5 Å². The summed E-state index contributed by atoms with van der Waals surface area (Å²) in [5.74, 6) is -0.605. The van der Waals surface area contributed by atoms with Crippen molar-refractivity contribution >= 4 is 5.69 Å². The monoisotopic (exact) mass is 282 g/mol. The van der Waals surface area contributed by atoms with E-state index in [1.807, 2.05) is 7.05 Å². The third kappa shape index (κ3) is 2.35. The highest BCUT2D eigenvalue weighted by molar-refractivity contribution is 5.45. The van der Waals surface area contributed by atoms with Gasteiger partial charge in [0, 0.05) is 23.4 Å². The lowest BCUT2D eigenvalue weighted by molar-refractivity contribution is -0.385. The molecule has 1 fully saturated rings. The Kier molecular flexibility index (Phi) is 3.69. The summed E-state index contributed by atoms with van der Waals surface area (Å²) in [6, 6.07) is 2.65. The summed E-state index contributed by atoms with van der Waals surface area (Å²) in [5.41, 5.74) is 0.0705. The molecule has 2 rings (SSSR count). The van der Waals surface area contributed by atoms with Crippen LogP contribution in [0.1, 0.15) is 25.8 Å². The molecule has 0 saturated heterocycles. The zero-order chi connectivity index (χ0) is 15.1. The number of halogens is 1. The standard InChI is InChI=1S/C14H19FN2O3/c1-8-5-11(9(15)6-10(8)17(18)19)20-13-7-12(16-4)14(13,2)3/h5-6,12-13,16H,7H2,1-4H3. The van der Waals surface area contributed by atoms with E-state index in [-0.39, 0.29) is 23.0 Å². The van der Waals surface area contributed by atoms with Crippen LogP contribution in [-0.2, 0) is 0 Å². The van der Waals surface area contributed by atoms with Gasteiger partial charge in [-0.25, -0.2) is 4.39 Å². The van der Waals surface area contributed by atoms with Crippen molar-refractivity contribution in [1.29, 1.82) is 0 Å². The number of hydrogen-bond donors (Lipinski definition) is 1. The molecule has 0 spiro atoms. The molecule has 6 heteroatoms.